The molecule has 0 unspecified atom stereocenters. The molecule has 0 aliphatic carbocycles. The molecule has 0 aliphatic rings. The van der Waals surface area contributed by atoms with Crippen molar-refractivity contribution >= 4 is 5.97 Å². The second kappa shape index (κ2) is 26.0. The van der Waals surface area contributed by atoms with Crippen LogP contribution in [0.1, 0.15) is 111 Å². The summed E-state index contributed by atoms with van der Waals surface area (Å²) in [5.74, 6) is -0.914. The number of carboxylic acid groups (broad SMARTS) is 1. The molecule has 0 saturated heterocycles. The van der Waals surface area contributed by atoms with Crippen LogP contribution in [-0.2, 0) is 19.5 Å². The minimum atomic E-state index is -0.914. The molecule has 0 heterocycles. The Morgan fingerprint density at radius 3 is 1.56 bits per heavy atom. The predicted octanol–water partition coefficient (Wildman–Crippen LogP) is 6.72. The second-order valence-corrected chi connectivity index (χ2v) is 8.34. The Morgan fingerprint density at radius 1 is 0.720 bits per heavy atom. The fourth-order valence-corrected chi connectivity index (χ4v) is 3.03. The Kier molecular flexibility index (Phi) is 28.0. The Bertz CT molecular complexity index is 275. The van der Waals surface area contributed by atoms with E-state index in [2.05, 4.69) is 32.9 Å². The minimum absolute atomic E-state index is 0.220. The molecule has 0 rings (SSSR count). The maximum atomic E-state index is 10.2. The molecule has 0 fully saturated rings. The van der Waals surface area contributed by atoms with E-state index in [9.17, 15) is 9.90 Å². The van der Waals surface area contributed by atoms with Crippen LogP contribution >= 0.6 is 0 Å². The first-order valence-electron chi connectivity index (χ1n) is 10.5. The van der Waals surface area contributed by atoms with Crippen molar-refractivity contribution in [2.24, 2.45) is 0 Å². The zero-order chi connectivity index (χ0) is 19.0. The number of unbranched alkanes of at least 4 members (excludes halogenated alkanes) is 11. The summed E-state index contributed by atoms with van der Waals surface area (Å²) in [5.41, 5.74) is 0. The Morgan fingerprint density at radius 2 is 1.16 bits per heavy atom. The number of carbonyl (C=O) groups is 1. The molecule has 0 aromatic carbocycles. The third kappa shape index (κ3) is 31.9. The summed E-state index contributed by atoms with van der Waals surface area (Å²) in [5, 5.41) is 12.8. The zero-order valence-electron chi connectivity index (χ0n) is 17.1. The summed E-state index contributed by atoms with van der Waals surface area (Å²) in [7, 11) is 0. The molecule has 3 heteroatoms. The van der Waals surface area contributed by atoms with Crippen molar-refractivity contribution in [1.29, 1.82) is 0 Å². The van der Waals surface area contributed by atoms with Gasteiger partial charge >= 0.3 is 39.3 Å². The number of rotatable bonds is 17. The maximum absolute atomic E-state index is 10.2. The van der Waals surface area contributed by atoms with E-state index in [1.807, 2.05) is 0 Å². The number of hydrogen-bond donors (Lipinski definition) is 0. The topological polar surface area (TPSA) is 40.1 Å². The van der Waals surface area contributed by atoms with Gasteiger partial charge < -0.3 is 9.90 Å². The third-order valence-corrected chi connectivity index (χ3v) is 5.02. The van der Waals surface area contributed by atoms with Crippen molar-refractivity contribution in [2.75, 3.05) is 0 Å². The number of aliphatic carboxylic acids is 1. The molecular formula is C22H43CoO2. The van der Waals surface area contributed by atoms with Crippen LogP contribution in [0.4, 0.5) is 0 Å². The molecule has 0 aliphatic heterocycles. The molecule has 152 valence electrons. The van der Waals surface area contributed by atoms with Gasteiger partial charge in [0, 0.05) is 5.97 Å². The van der Waals surface area contributed by atoms with Crippen LogP contribution in [0.15, 0.2) is 12.2 Å². The SMILES string of the molecule is CCCCCCCC/C=C\CCCCCCCC(=O)[O-].C[CH2][Co+][CH2]C. The van der Waals surface area contributed by atoms with E-state index in [4.69, 9.17) is 0 Å². The summed E-state index contributed by atoms with van der Waals surface area (Å²) in [4.78, 5) is 10.2. The Balaban J connectivity index is 0. The quantitative estimate of drug-likeness (QED) is 0.202. The molecular weight excluding hydrogens is 355 g/mol. The van der Waals surface area contributed by atoms with Gasteiger partial charge in [-0.2, -0.15) is 0 Å². The van der Waals surface area contributed by atoms with Crippen LogP contribution in [0, 0.1) is 0 Å². The Hall–Kier alpha value is -0.284. The number of hydrogen-bond acceptors (Lipinski definition) is 2. The van der Waals surface area contributed by atoms with Crippen molar-refractivity contribution in [3.63, 3.8) is 0 Å². The van der Waals surface area contributed by atoms with E-state index in [-0.39, 0.29) is 6.42 Å². The van der Waals surface area contributed by atoms with Crippen LogP contribution in [0.5, 0.6) is 0 Å². The van der Waals surface area contributed by atoms with Gasteiger partial charge in [0.15, 0.2) is 0 Å². The van der Waals surface area contributed by atoms with Crippen LogP contribution in [0.2, 0.25) is 10.7 Å². The number of allylic oxidation sites excluding steroid dienone is 2. The second-order valence-electron chi connectivity index (χ2n) is 6.34. The van der Waals surface area contributed by atoms with Gasteiger partial charge in [-0.3, -0.25) is 0 Å². The molecule has 2 nitrogen and oxygen atoms in total. The van der Waals surface area contributed by atoms with Gasteiger partial charge in [-0.1, -0.05) is 70.4 Å². The fourth-order valence-electron chi connectivity index (χ4n) is 2.51. The van der Waals surface area contributed by atoms with Gasteiger partial charge in [0.25, 0.3) is 0 Å². The van der Waals surface area contributed by atoms with Crippen LogP contribution in [-0.4, -0.2) is 5.97 Å². The van der Waals surface area contributed by atoms with Crippen LogP contribution < -0.4 is 5.11 Å². The molecule has 0 N–H and O–H groups in total. The van der Waals surface area contributed by atoms with Crippen molar-refractivity contribution in [2.45, 2.75) is 121 Å². The fraction of sp³-hybridized carbons (Fsp3) is 0.864. The van der Waals surface area contributed by atoms with E-state index in [0.29, 0.717) is 0 Å². The first-order chi connectivity index (χ1) is 12.2. The van der Waals surface area contributed by atoms with Gasteiger partial charge in [-0.25, -0.2) is 0 Å². The van der Waals surface area contributed by atoms with Gasteiger partial charge in [0.1, 0.15) is 0 Å². The van der Waals surface area contributed by atoms with Crippen LogP contribution in [0.3, 0.4) is 0 Å². The third-order valence-electron chi connectivity index (χ3n) is 3.98. The van der Waals surface area contributed by atoms with Crippen molar-refractivity contribution < 1.29 is 24.6 Å². The van der Waals surface area contributed by atoms with Crippen molar-refractivity contribution in [3.05, 3.63) is 12.2 Å². The van der Waals surface area contributed by atoms with E-state index in [0.717, 1.165) is 19.3 Å². The summed E-state index contributed by atoms with van der Waals surface area (Å²) < 4.78 is 0. The standard InChI is InChI=1S/C18H34O2.2C2H5.Co/c1-2-3-4-5-6-7-8-9-10-11-12-13-14-15-16-17-18(19)20;2*1-2;/h9-10H,2-8,11-17H2,1H3,(H,19,20);2*1H2,2H3;/q;;;+1/p-1/b10-9-;;;. The number of carboxylic acids is 1. The molecule has 0 radical (unpaired) electrons. The van der Waals surface area contributed by atoms with Gasteiger partial charge in [0.2, 0.25) is 0 Å². The molecule has 0 bridgehead atoms. The van der Waals surface area contributed by atoms with E-state index < -0.39 is 5.97 Å². The van der Waals surface area contributed by atoms with Crippen molar-refractivity contribution in [3.8, 4) is 0 Å². The summed E-state index contributed by atoms with van der Waals surface area (Å²) in [6.07, 6.45) is 20.9. The molecule has 25 heavy (non-hydrogen) atoms. The van der Waals surface area contributed by atoms with E-state index in [1.165, 1.54) is 74.9 Å². The normalized spacial score (nSPS) is 10.8. The first kappa shape index (κ1) is 26.9. The number of carbonyl (C=O) groups excluding carboxylic acids is 1. The van der Waals surface area contributed by atoms with Gasteiger partial charge in [-0.15, -0.1) is 0 Å². The molecule has 0 saturated carbocycles. The molecule has 0 aromatic heterocycles. The zero-order valence-corrected chi connectivity index (χ0v) is 18.2. The monoisotopic (exact) mass is 398 g/mol. The summed E-state index contributed by atoms with van der Waals surface area (Å²) >= 11 is 1.60. The van der Waals surface area contributed by atoms with E-state index in [1.54, 1.807) is 14.7 Å². The van der Waals surface area contributed by atoms with E-state index >= 15 is 0 Å². The molecule has 0 spiro atoms. The summed E-state index contributed by atoms with van der Waals surface area (Å²) in [6.45, 7) is 6.65. The average Bonchev–Trinajstić information content (AvgIpc) is 2.59. The summed E-state index contributed by atoms with van der Waals surface area (Å²) in [6, 6.07) is 0. The predicted molar refractivity (Wildman–Crippen MR) is 105 cm³/mol. The van der Waals surface area contributed by atoms with Crippen LogP contribution in [0.25, 0.3) is 0 Å². The van der Waals surface area contributed by atoms with Gasteiger partial charge in [-0.05, 0) is 38.5 Å². The molecule has 0 aromatic rings. The average molecular weight is 399 g/mol. The molecule has 0 amide bonds. The first-order valence-corrected chi connectivity index (χ1v) is 12.0. The Labute approximate surface area is 164 Å². The molecule has 0 atom stereocenters. The van der Waals surface area contributed by atoms with Crippen molar-refractivity contribution in [1.82, 2.24) is 0 Å². The van der Waals surface area contributed by atoms with Gasteiger partial charge in [0.05, 0.1) is 0 Å².